The van der Waals surface area contributed by atoms with Gasteiger partial charge in [-0.3, -0.25) is 9.69 Å². The SMILES string of the molecule is N#Cc1ccc(CCC(=O)N2CCN(Cc3cccs3)CC2)cc1. The van der Waals surface area contributed by atoms with Gasteiger partial charge in [0.25, 0.3) is 0 Å². The largest absolute Gasteiger partial charge is 0.340 e. The number of piperazine rings is 1. The predicted molar refractivity (Wildman–Crippen MR) is 95.7 cm³/mol. The summed E-state index contributed by atoms with van der Waals surface area (Å²) in [4.78, 5) is 18.2. The zero-order valence-corrected chi connectivity index (χ0v) is 14.5. The van der Waals surface area contributed by atoms with Crippen molar-refractivity contribution in [3.05, 3.63) is 57.8 Å². The summed E-state index contributed by atoms with van der Waals surface area (Å²) in [5, 5.41) is 10.9. The topological polar surface area (TPSA) is 47.3 Å². The molecule has 0 spiro atoms. The molecule has 2 heterocycles. The summed E-state index contributed by atoms with van der Waals surface area (Å²) in [6, 6.07) is 13.9. The van der Waals surface area contributed by atoms with E-state index < -0.39 is 0 Å². The third-order valence-corrected chi connectivity index (χ3v) is 5.26. The normalized spacial score (nSPS) is 15.2. The van der Waals surface area contributed by atoms with E-state index in [0.29, 0.717) is 12.0 Å². The molecule has 24 heavy (non-hydrogen) atoms. The fraction of sp³-hybridized carbons (Fsp3) is 0.368. The molecule has 1 aliphatic rings. The summed E-state index contributed by atoms with van der Waals surface area (Å²) in [5.74, 6) is 0.232. The average molecular weight is 339 g/mol. The van der Waals surface area contributed by atoms with E-state index in [1.165, 1.54) is 4.88 Å². The molecular weight excluding hydrogens is 318 g/mol. The predicted octanol–water partition coefficient (Wildman–Crippen LogP) is 2.90. The van der Waals surface area contributed by atoms with Gasteiger partial charge in [0.05, 0.1) is 11.6 Å². The zero-order chi connectivity index (χ0) is 16.8. The Kier molecular flexibility index (Phi) is 5.63. The minimum atomic E-state index is 0.232. The van der Waals surface area contributed by atoms with Crippen molar-refractivity contribution in [2.75, 3.05) is 26.2 Å². The van der Waals surface area contributed by atoms with Gasteiger partial charge in [-0.15, -0.1) is 11.3 Å². The molecule has 0 bridgehead atoms. The van der Waals surface area contributed by atoms with Crippen molar-refractivity contribution < 1.29 is 4.79 Å². The van der Waals surface area contributed by atoms with Crippen molar-refractivity contribution in [3.63, 3.8) is 0 Å². The van der Waals surface area contributed by atoms with Crippen molar-refractivity contribution in [2.24, 2.45) is 0 Å². The zero-order valence-electron chi connectivity index (χ0n) is 13.6. The number of carbonyl (C=O) groups is 1. The molecule has 1 aliphatic heterocycles. The van der Waals surface area contributed by atoms with Crippen LogP contribution in [0.3, 0.4) is 0 Å². The molecule has 1 saturated heterocycles. The monoisotopic (exact) mass is 339 g/mol. The second kappa shape index (κ2) is 8.09. The standard InChI is InChI=1S/C19H21N3OS/c20-14-17-5-3-16(4-6-17)7-8-19(23)22-11-9-21(10-12-22)15-18-2-1-13-24-18/h1-6,13H,7-12,15H2. The van der Waals surface area contributed by atoms with Crippen LogP contribution < -0.4 is 0 Å². The fourth-order valence-electron chi connectivity index (χ4n) is 2.93. The highest BCUT2D eigenvalue weighted by Gasteiger charge is 2.20. The number of amides is 1. The summed E-state index contributed by atoms with van der Waals surface area (Å²) in [6.45, 7) is 4.51. The first-order valence-electron chi connectivity index (χ1n) is 8.26. The number of benzene rings is 1. The van der Waals surface area contributed by atoms with E-state index in [4.69, 9.17) is 5.26 Å². The van der Waals surface area contributed by atoms with E-state index in [1.54, 1.807) is 11.3 Å². The lowest BCUT2D eigenvalue weighted by Crippen LogP contribution is -2.48. The Labute approximate surface area is 146 Å². The van der Waals surface area contributed by atoms with Gasteiger partial charge in [-0.05, 0) is 35.6 Å². The Balaban J connectivity index is 1.42. The second-order valence-corrected chi connectivity index (χ2v) is 7.08. The minimum absolute atomic E-state index is 0.232. The van der Waals surface area contributed by atoms with E-state index in [1.807, 2.05) is 29.2 Å². The number of carbonyl (C=O) groups excluding carboxylic acids is 1. The molecule has 0 radical (unpaired) electrons. The molecule has 0 atom stereocenters. The smallest absolute Gasteiger partial charge is 0.222 e. The van der Waals surface area contributed by atoms with E-state index in [9.17, 15) is 4.79 Å². The first kappa shape index (κ1) is 16.7. The number of rotatable bonds is 5. The number of nitriles is 1. The highest BCUT2D eigenvalue weighted by molar-refractivity contribution is 7.09. The second-order valence-electron chi connectivity index (χ2n) is 6.05. The molecule has 0 saturated carbocycles. The van der Waals surface area contributed by atoms with Crippen LogP contribution in [0.25, 0.3) is 0 Å². The average Bonchev–Trinajstić information content (AvgIpc) is 3.14. The Bertz CT molecular complexity index is 695. The fourth-order valence-corrected chi connectivity index (χ4v) is 3.68. The quantitative estimate of drug-likeness (QED) is 0.841. The van der Waals surface area contributed by atoms with Crippen molar-refractivity contribution in [3.8, 4) is 6.07 Å². The highest BCUT2D eigenvalue weighted by atomic mass is 32.1. The summed E-state index contributed by atoms with van der Waals surface area (Å²) < 4.78 is 0. The summed E-state index contributed by atoms with van der Waals surface area (Å²) in [6.07, 6.45) is 1.27. The summed E-state index contributed by atoms with van der Waals surface area (Å²) in [5.41, 5.74) is 1.77. The van der Waals surface area contributed by atoms with Crippen LogP contribution in [0.1, 0.15) is 22.4 Å². The van der Waals surface area contributed by atoms with Crippen LogP contribution in [-0.2, 0) is 17.8 Å². The van der Waals surface area contributed by atoms with Crippen molar-refractivity contribution >= 4 is 17.2 Å². The molecule has 0 unspecified atom stereocenters. The maximum atomic E-state index is 12.4. The highest BCUT2D eigenvalue weighted by Crippen LogP contribution is 2.14. The van der Waals surface area contributed by atoms with Crippen LogP contribution in [0.4, 0.5) is 0 Å². The summed E-state index contributed by atoms with van der Waals surface area (Å²) >= 11 is 1.79. The molecular formula is C19H21N3OS. The third-order valence-electron chi connectivity index (χ3n) is 4.40. The van der Waals surface area contributed by atoms with Gasteiger partial charge in [-0.2, -0.15) is 5.26 Å². The maximum absolute atomic E-state index is 12.4. The van der Waals surface area contributed by atoms with Crippen LogP contribution >= 0.6 is 11.3 Å². The lowest BCUT2D eigenvalue weighted by molar-refractivity contribution is -0.132. The lowest BCUT2D eigenvalue weighted by atomic mass is 10.1. The molecule has 0 aliphatic carbocycles. The molecule has 1 fully saturated rings. The van der Waals surface area contributed by atoms with Crippen molar-refractivity contribution in [1.29, 1.82) is 5.26 Å². The number of nitrogens with zero attached hydrogens (tertiary/aromatic N) is 3. The summed E-state index contributed by atoms with van der Waals surface area (Å²) in [7, 11) is 0. The third kappa shape index (κ3) is 4.44. The van der Waals surface area contributed by atoms with E-state index in [2.05, 4.69) is 28.5 Å². The molecule has 4 nitrogen and oxygen atoms in total. The Morgan fingerprint density at radius 2 is 1.88 bits per heavy atom. The molecule has 2 aromatic rings. The van der Waals surface area contributed by atoms with E-state index in [0.717, 1.165) is 44.7 Å². The van der Waals surface area contributed by atoms with E-state index >= 15 is 0 Å². The Morgan fingerprint density at radius 3 is 2.50 bits per heavy atom. The van der Waals surface area contributed by atoms with Crippen LogP contribution in [0.15, 0.2) is 41.8 Å². The molecule has 1 amide bonds. The number of hydrogen-bond acceptors (Lipinski definition) is 4. The van der Waals surface area contributed by atoms with Gasteiger partial charge < -0.3 is 4.90 Å². The first-order valence-corrected chi connectivity index (χ1v) is 9.14. The van der Waals surface area contributed by atoms with Crippen LogP contribution in [0.5, 0.6) is 0 Å². The lowest BCUT2D eigenvalue weighted by Gasteiger charge is -2.34. The van der Waals surface area contributed by atoms with Crippen molar-refractivity contribution in [1.82, 2.24) is 9.80 Å². The molecule has 0 N–H and O–H groups in total. The van der Waals surface area contributed by atoms with Crippen LogP contribution in [0.2, 0.25) is 0 Å². The maximum Gasteiger partial charge on any atom is 0.222 e. The van der Waals surface area contributed by atoms with Gasteiger partial charge in [-0.25, -0.2) is 0 Å². The van der Waals surface area contributed by atoms with Crippen LogP contribution in [-0.4, -0.2) is 41.9 Å². The van der Waals surface area contributed by atoms with Gasteiger partial charge >= 0.3 is 0 Å². The van der Waals surface area contributed by atoms with Crippen molar-refractivity contribution in [2.45, 2.75) is 19.4 Å². The van der Waals surface area contributed by atoms with Gasteiger partial charge in [0.1, 0.15) is 0 Å². The van der Waals surface area contributed by atoms with Gasteiger partial charge in [0, 0.05) is 44.0 Å². The number of thiophene rings is 1. The van der Waals surface area contributed by atoms with Gasteiger partial charge in [-0.1, -0.05) is 18.2 Å². The van der Waals surface area contributed by atoms with Crippen LogP contribution in [0, 0.1) is 11.3 Å². The molecule has 1 aromatic carbocycles. The molecule has 5 heteroatoms. The Hall–Kier alpha value is -2.16. The minimum Gasteiger partial charge on any atom is -0.340 e. The number of hydrogen-bond donors (Lipinski definition) is 0. The molecule has 3 rings (SSSR count). The van der Waals surface area contributed by atoms with Gasteiger partial charge in [0.15, 0.2) is 0 Å². The molecule has 1 aromatic heterocycles. The number of aryl methyl sites for hydroxylation is 1. The first-order chi connectivity index (χ1) is 11.7. The van der Waals surface area contributed by atoms with E-state index in [-0.39, 0.29) is 5.91 Å². The molecule has 124 valence electrons. The van der Waals surface area contributed by atoms with Gasteiger partial charge in [0.2, 0.25) is 5.91 Å². The Morgan fingerprint density at radius 1 is 1.12 bits per heavy atom.